The van der Waals surface area contributed by atoms with Gasteiger partial charge in [0.2, 0.25) is 0 Å². The van der Waals surface area contributed by atoms with Crippen molar-refractivity contribution >= 4 is 5.78 Å². The maximum Gasteiger partial charge on any atom is 0.166 e. The van der Waals surface area contributed by atoms with Crippen LogP contribution in [0.15, 0.2) is 60.7 Å². The normalized spacial score (nSPS) is 22.4. The van der Waals surface area contributed by atoms with Crippen molar-refractivity contribution < 1.29 is 4.79 Å². The lowest BCUT2D eigenvalue weighted by Gasteiger charge is -2.31. The van der Waals surface area contributed by atoms with Crippen LogP contribution in [0, 0.1) is 5.92 Å². The number of Topliss-reactive ketones (excluding diaryl/α,β-unsaturated/α-hetero) is 1. The Morgan fingerprint density at radius 2 is 1.40 bits per heavy atom. The van der Waals surface area contributed by atoms with Gasteiger partial charge in [-0.1, -0.05) is 73.5 Å². The van der Waals surface area contributed by atoms with Crippen LogP contribution in [-0.4, -0.2) is 5.78 Å². The number of benzene rings is 2. The van der Waals surface area contributed by atoms with Crippen LogP contribution >= 0.6 is 0 Å². The summed E-state index contributed by atoms with van der Waals surface area (Å²) >= 11 is 0. The van der Waals surface area contributed by atoms with Gasteiger partial charge in [0.1, 0.15) is 0 Å². The standard InChI is InChI=1S/C19H20O/c20-19(16-11-5-2-6-12-16)18-14-8-7-13-17(18)15-9-3-1-4-10-15/h1-6,9-12,17-18H,7-8,13-14H2. The zero-order chi connectivity index (χ0) is 13.8. The first-order valence-electron chi connectivity index (χ1n) is 7.50. The molecule has 0 aromatic heterocycles. The molecule has 0 radical (unpaired) electrons. The smallest absolute Gasteiger partial charge is 0.166 e. The molecule has 1 fully saturated rings. The summed E-state index contributed by atoms with van der Waals surface area (Å²) in [5.41, 5.74) is 2.18. The minimum Gasteiger partial charge on any atom is -0.294 e. The van der Waals surface area contributed by atoms with Crippen LogP contribution in [0.3, 0.4) is 0 Å². The Bertz CT molecular complexity index is 559. The molecule has 0 saturated heterocycles. The molecule has 1 aliphatic rings. The van der Waals surface area contributed by atoms with E-state index in [4.69, 9.17) is 0 Å². The molecule has 0 aliphatic heterocycles. The van der Waals surface area contributed by atoms with Gasteiger partial charge in [-0.3, -0.25) is 4.79 Å². The highest BCUT2D eigenvalue weighted by atomic mass is 16.1. The van der Waals surface area contributed by atoms with E-state index in [1.807, 2.05) is 36.4 Å². The average Bonchev–Trinajstić information content (AvgIpc) is 2.56. The number of carbonyl (C=O) groups is 1. The van der Waals surface area contributed by atoms with Crippen LogP contribution in [0.1, 0.15) is 47.5 Å². The summed E-state index contributed by atoms with van der Waals surface area (Å²) in [4.78, 5) is 12.8. The van der Waals surface area contributed by atoms with Crippen LogP contribution < -0.4 is 0 Å². The molecule has 20 heavy (non-hydrogen) atoms. The van der Waals surface area contributed by atoms with Crippen LogP contribution in [0.2, 0.25) is 0 Å². The number of hydrogen-bond donors (Lipinski definition) is 0. The summed E-state index contributed by atoms with van der Waals surface area (Å²) in [6.45, 7) is 0. The van der Waals surface area contributed by atoms with Crippen LogP contribution in [0.5, 0.6) is 0 Å². The van der Waals surface area contributed by atoms with E-state index in [1.165, 1.54) is 18.4 Å². The van der Waals surface area contributed by atoms with E-state index in [-0.39, 0.29) is 5.92 Å². The van der Waals surface area contributed by atoms with Crippen molar-refractivity contribution in [2.75, 3.05) is 0 Å². The zero-order valence-corrected chi connectivity index (χ0v) is 11.7. The van der Waals surface area contributed by atoms with Gasteiger partial charge in [-0.25, -0.2) is 0 Å². The highest BCUT2D eigenvalue weighted by Gasteiger charge is 2.32. The van der Waals surface area contributed by atoms with E-state index in [2.05, 4.69) is 24.3 Å². The fourth-order valence-corrected chi connectivity index (χ4v) is 3.36. The van der Waals surface area contributed by atoms with Gasteiger partial charge in [-0.05, 0) is 24.3 Å². The molecule has 102 valence electrons. The van der Waals surface area contributed by atoms with Crippen LogP contribution in [0.4, 0.5) is 0 Å². The van der Waals surface area contributed by atoms with Gasteiger partial charge in [0.05, 0.1) is 0 Å². The molecule has 0 bridgehead atoms. The summed E-state index contributed by atoms with van der Waals surface area (Å²) in [6, 6.07) is 20.3. The molecule has 0 spiro atoms. The van der Waals surface area contributed by atoms with Gasteiger partial charge in [0, 0.05) is 11.5 Å². The molecule has 1 saturated carbocycles. The fourth-order valence-electron chi connectivity index (χ4n) is 3.36. The summed E-state index contributed by atoms with van der Waals surface area (Å²) in [7, 11) is 0. The van der Waals surface area contributed by atoms with Crippen LogP contribution in [0.25, 0.3) is 0 Å². The lowest BCUT2D eigenvalue weighted by molar-refractivity contribution is 0.0868. The Balaban J connectivity index is 1.88. The molecule has 3 rings (SSSR count). The molecular formula is C19H20O. The zero-order valence-electron chi connectivity index (χ0n) is 11.7. The maximum atomic E-state index is 12.8. The Morgan fingerprint density at radius 1 is 0.800 bits per heavy atom. The van der Waals surface area contributed by atoms with Gasteiger partial charge in [-0.2, -0.15) is 0 Å². The van der Waals surface area contributed by atoms with Gasteiger partial charge in [0.25, 0.3) is 0 Å². The molecule has 1 aliphatic carbocycles. The molecule has 1 heteroatoms. The van der Waals surface area contributed by atoms with Gasteiger partial charge in [0.15, 0.2) is 5.78 Å². The van der Waals surface area contributed by atoms with Crippen LogP contribution in [-0.2, 0) is 0 Å². The molecule has 0 N–H and O–H groups in total. The minimum absolute atomic E-state index is 0.147. The first-order chi connectivity index (χ1) is 9.86. The lowest BCUT2D eigenvalue weighted by Crippen LogP contribution is -2.25. The van der Waals surface area contributed by atoms with E-state index in [0.717, 1.165) is 18.4 Å². The summed E-state index contributed by atoms with van der Waals surface area (Å²) in [6.07, 6.45) is 4.56. The van der Waals surface area contributed by atoms with Crippen molar-refractivity contribution in [3.63, 3.8) is 0 Å². The third-order valence-electron chi connectivity index (χ3n) is 4.39. The molecule has 2 atom stereocenters. The third-order valence-corrected chi connectivity index (χ3v) is 4.39. The first kappa shape index (κ1) is 13.1. The summed E-state index contributed by atoms with van der Waals surface area (Å²) < 4.78 is 0. The largest absolute Gasteiger partial charge is 0.294 e. The Kier molecular flexibility index (Phi) is 3.96. The number of hydrogen-bond acceptors (Lipinski definition) is 1. The predicted octanol–water partition coefficient (Wildman–Crippen LogP) is 4.84. The van der Waals surface area contributed by atoms with E-state index < -0.39 is 0 Å². The Labute approximate surface area is 120 Å². The van der Waals surface area contributed by atoms with E-state index in [1.54, 1.807) is 0 Å². The van der Waals surface area contributed by atoms with Crippen molar-refractivity contribution in [2.24, 2.45) is 5.92 Å². The molecule has 2 unspecified atom stereocenters. The van der Waals surface area contributed by atoms with Gasteiger partial charge < -0.3 is 0 Å². The highest BCUT2D eigenvalue weighted by molar-refractivity contribution is 5.98. The molecule has 0 amide bonds. The number of ketones is 1. The minimum atomic E-state index is 0.147. The lowest BCUT2D eigenvalue weighted by atomic mass is 9.72. The van der Waals surface area contributed by atoms with Crippen molar-refractivity contribution in [3.05, 3.63) is 71.8 Å². The quantitative estimate of drug-likeness (QED) is 0.725. The second kappa shape index (κ2) is 6.04. The van der Waals surface area contributed by atoms with Crippen molar-refractivity contribution in [2.45, 2.75) is 31.6 Å². The second-order valence-electron chi connectivity index (χ2n) is 5.64. The topological polar surface area (TPSA) is 17.1 Å². The second-order valence-corrected chi connectivity index (χ2v) is 5.64. The van der Waals surface area contributed by atoms with Crippen molar-refractivity contribution in [1.29, 1.82) is 0 Å². The van der Waals surface area contributed by atoms with E-state index in [0.29, 0.717) is 11.7 Å². The van der Waals surface area contributed by atoms with Gasteiger partial charge in [-0.15, -0.1) is 0 Å². The number of carbonyl (C=O) groups excluding carboxylic acids is 1. The Hall–Kier alpha value is -1.89. The molecule has 2 aromatic carbocycles. The molecular weight excluding hydrogens is 244 g/mol. The summed E-state index contributed by atoms with van der Waals surface area (Å²) in [5, 5.41) is 0. The average molecular weight is 264 g/mol. The van der Waals surface area contributed by atoms with Gasteiger partial charge >= 0.3 is 0 Å². The molecule has 1 nitrogen and oxygen atoms in total. The SMILES string of the molecule is O=C(c1ccccc1)C1CCCCC1c1ccccc1. The Morgan fingerprint density at radius 3 is 2.10 bits per heavy atom. The fraction of sp³-hybridized carbons (Fsp3) is 0.316. The number of rotatable bonds is 3. The highest BCUT2D eigenvalue weighted by Crippen LogP contribution is 2.39. The third kappa shape index (κ3) is 2.67. The summed E-state index contributed by atoms with van der Waals surface area (Å²) in [5.74, 6) is 0.852. The predicted molar refractivity (Wildman–Crippen MR) is 81.9 cm³/mol. The maximum absolute atomic E-state index is 12.8. The molecule has 0 heterocycles. The monoisotopic (exact) mass is 264 g/mol. The van der Waals surface area contributed by atoms with E-state index in [9.17, 15) is 4.79 Å². The van der Waals surface area contributed by atoms with E-state index >= 15 is 0 Å². The molecule has 2 aromatic rings. The van der Waals surface area contributed by atoms with Crippen molar-refractivity contribution in [1.82, 2.24) is 0 Å². The van der Waals surface area contributed by atoms with Crippen molar-refractivity contribution in [3.8, 4) is 0 Å². The first-order valence-corrected chi connectivity index (χ1v) is 7.50.